The summed E-state index contributed by atoms with van der Waals surface area (Å²) in [7, 11) is 4.63. The van der Waals surface area contributed by atoms with Crippen LogP contribution < -0.4 is 14.8 Å². The van der Waals surface area contributed by atoms with Gasteiger partial charge in [-0.15, -0.1) is 0 Å². The topological polar surface area (TPSA) is 69.7 Å². The summed E-state index contributed by atoms with van der Waals surface area (Å²) in [5.41, 5.74) is 2.53. The van der Waals surface area contributed by atoms with Gasteiger partial charge in [0.1, 0.15) is 11.5 Å². The number of aromatic nitrogens is 1. The fourth-order valence-electron chi connectivity index (χ4n) is 2.55. The highest BCUT2D eigenvalue weighted by Gasteiger charge is 2.09. The molecule has 0 bridgehead atoms. The van der Waals surface area contributed by atoms with E-state index in [1.54, 1.807) is 37.7 Å². The summed E-state index contributed by atoms with van der Waals surface area (Å²) in [5.74, 6) is 1.17. The second-order valence-corrected chi connectivity index (χ2v) is 6.66. The van der Waals surface area contributed by atoms with Crippen LogP contribution in [0.25, 0.3) is 10.4 Å². The van der Waals surface area contributed by atoms with Crippen LogP contribution >= 0.6 is 11.3 Å². The molecule has 0 amide bonds. The molecule has 2 aromatic carbocycles. The highest BCUT2D eigenvalue weighted by atomic mass is 32.1. The molecule has 1 aromatic heterocycles. The molecule has 0 aliphatic heterocycles. The van der Waals surface area contributed by atoms with Gasteiger partial charge in [0.25, 0.3) is 0 Å². The SMILES string of the molecule is COC(=O)c1ccc(-c2cnc(NCc3ccc(OC)cc3OC)s2)cc1. The van der Waals surface area contributed by atoms with E-state index in [0.717, 1.165) is 32.6 Å². The molecule has 0 saturated heterocycles. The number of esters is 1. The minimum Gasteiger partial charge on any atom is -0.497 e. The molecule has 3 rings (SSSR count). The Morgan fingerprint density at radius 3 is 2.52 bits per heavy atom. The van der Waals surface area contributed by atoms with E-state index < -0.39 is 0 Å². The molecule has 7 heteroatoms. The molecular formula is C20H20N2O4S. The third kappa shape index (κ3) is 4.38. The highest BCUT2D eigenvalue weighted by molar-refractivity contribution is 7.18. The number of hydrogen-bond acceptors (Lipinski definition) is 7. The van der Waals surface area contributed by atoms with Crippen LogP contribution in [0.3, 0.4) is 0 Å². The van der Waals surface area contributed by atoms with Gasteiger partial charge in [-0.2, -0.15) is 0 Å². The lowest BCUT2D eigenvalue weighted by Crippen LogP contribution is -2.01. The Hall–Kier alpha value is -3.06. The van der Waals surface area contributed by atoms with Crippen molar-refractivity contribution in [3.8, 4) is 21.9 Å². The van der Waals surface area contributed by atoms with Gasteiger partial charge in [0, 0.05) is 24.4 Å². The van der Waals surface area contributed by atoms with E-state index in [2.05, 4.69) is 10.3 Å². The first-order valence-electron chi connectivity index (χ1n) is 8.24. The molecule has 0 aliphatic rings. The first kappa shape index (κ1) is 18.7. The Kier molecular flexibility index (Phi) is 5.93. The smallest absolute Gasteiger partial charge is 0.337 e. The molecule has 3 aromatic rings. The lowest BCUT2D eigenvalue weighted by atomic mass is 10.1. The maximum absolute atomic E-state index is 11.5. The van der Waals surface area contributed by atoms with Crippen molar-refractivity contribution in [1.82, 2.24) is 4.98 Å². The Balaban J connectivity index is 1.69. The average molecular weight is 384 g/mol. The van der Waals surface area contributed by atoms with Crippen LogP contribution in [-0.4, -0.2) is 32.3 Å². The van der Waals surface area contributed by atoms with Gasteiger partial charge in [-0.3, -0.25) is 0 Å². The number of nitrogens with zero attached hydrogens (tertiary/aromatic N) is 1. The van der Waals surface area contributed by atoms with E-state index >= 15 is 0 Å². The summed E-state index contributed by atoms with van der Waals surface area (Å²) in [6.45, 7) is 0.585. The number of thiazole rings is 1. The van der Waals surface area contributed by atoms with Gasteiger partial charge in [-0.05, 0) is 29.8 Å². The molecule has 1 heterocycles. The van der Waals surface area contributed by atoms with Crippen molar-refractivity contribution in [1.29, 1.82) is 0 Å². The fraction of sp³-hybridized carbons (Fsp3) is 0.200. The monoisotopic (exact) mass is 384 g/mol. The van der Waals surface area contributed by atoms with Crippen LogP contribution in [0.2, 0.25) is 0 Å². The van der Waals surface area contributed by atoms with E-state index in [1.807, 2.05) is 36.5 Å². The number of carbonyl (C=O) groups is 1. The van der Waals surface area contributed by atoms with Crippen LogP contribution in [0.4, 0.5) is 5.13 Å². The zero-order valence-corrected chi connectivity index (χ0v) is 16.1. The second-order valence-electron chi connectivity index (χ2n) is 5.63. The molecular weight excluding hydrogens is 364 g/mol. The molecule has 0 spiro atoms. The Labute approximate surface area is 161 Å². The van der Waals surface area contributed by atoms with Gasteiger partial charge in [-0.1, -0.05) is 23.5 Å². The van der Waals surface area contributed by atoms with Crippen molar-refractivity contribution in [3.63, 3.8) is 0 Å². The predicted octanol–water partition coefficient (Wildman–Crippen LogP) is 4.23. The Morgan fingerprint density at radius 2 is 1.85 bits per heavy atom. The quantitative estimate of drug-likeness (QED) is 0.615. The van der Waals surface area contributed by atoms with Gasteiger partial charge in [0.2, 0.25) is 0 Å². The lowest BCUT2D eigenvalue weighted by Gasteiger charge is -2.10. The van der Waals surface area contributed by atoms with E-state index in [9.17, 15) is 4.79 Å². The first-order chi connectivity index (χ1) is 13.1. The molecule has 1 N–H and O–H groups in total. The molecule has 27 heavy (non-hydrogen) atoms. The molecule has 0 saturated carbocycles. The number of hydrogen-bond donors (Lipinski definition) is 1. The number of benzene rings is 2. The Bertz CT molecular complexity index is 922. The van der Waals surface area contributed by atoms with E-state index in [-0.39, 0.29) is 5.97 Å². The average Bonchev–Trinajstić information content (AvgIpc) is 3.20. The summed E-state index contributed by atoms with van der Waals surface area (Å²) in [5, 5.41) is 4.12. The number of methoxy groups -OCH3 is 3. The number of anilines is 1. The first-order valence-corrected chi connectivity index (χ1v) is 9.05. The third-order valence-electron chi connectivity index (χ3n) is 4.02. The predicted molar refractivity (Wildman–Crippen MR) is 106 cm³/mol. The normalized spacial score (nSPS) is 10.3. The minimum atomic E-state index is -0.346. The highest BCUT2D eigenvalue weighted by Crippen LogP contribution is 2.30. The summed E-state index contributed by atoms with van der Waals surface area (Å²) >= 11 is 1.54. The van der Waals surface area contributed by atoms with Crippen molar-refractivity contribution >= 4 is 22.4 Å². The van der Waals surface area contributed by atoms with E-state index in [4.69, 9.17) is 14.2 Å². The van der Waals surface area contributed by atoms with Crippen LogP contribution in [0.15, 0.2) is 48.7 Å². The maximum Gasteiger partial charge on any atom is 0.337 e. The van der Waals surface area contributed by atoms with E-state index in [1.165, 1.54) is 7.11 Å². The number of carbonyl (C=O) groups excluding carboxylic acids is 1. The standard InChI is InChI=1S/C20H20N2O4S/c1-24-16-9-8-15(17(10-16)25-2)11-21-20-22-12-18(27-20)13-4-6-14(7-5-13)19(23)26-3/h4-10,12H,11H2,1-3H3,(H,21,22). The van der Waals surface area contributed by atoms with Crippen LogP contribution in [0.1, 0.15) is 15.9 Å². The van der Waals surface area contributed by atoms with Crippen molar-refractivity contribution < 1.29 is 19.0 Å². The largest absolute Gasteiger partial charge is 0.497 e. The third-order valence-corrected chi connectivity index (χ3v) is 5.02. The molecule has 0 unspecified atom stereocenters. The lowest BCUT2D eigenvalue weighted by molar-refractivity contribution is 0.0601. The van der Waals surface area contributed by atoms with Gasteiger partial charge in [0.15, 0.2) is 5.13 Å². The van der Waals surface area contributed by atoms with E-state index in [0.29, 0.717) is 12.1 Å². The van der Waals surface area contributed by atoms with Gasteiger partial charge < -0.3 is 19.5 Å². The van der Waals surface area contributed by atoms with Gasteiger partial charge >= 0.3 is 5.97 Å². The minimum absolute atomic E-state index is 0.346. The van der Waals surface area contributed by atoms with Crippen LogP contribution in [0, 0.1) is 0 Å². The van der Waals surface area contributed by atoms with Crippen molar-refractivity contribution in [3.05, 3.63) is 59.8 Å². The zero-order chi connectivity index (χ0) is 19.2. The maximum atomic E-state index is 11.5. The molecule has 0 aliphatic carbocycles. The van der Waals surface area contributed by atoms with Gasteiger partial charge in [-0.25, -0.2) is 9.78 Å². The van der Waals surface area contributed by atoms with Gasteiger partial charge in [0.05, 0.1) is 31.8 Å². The van der Waals surface area contributed by atoms with Crippen LogP contribution in [-0.2, 0) is 11.3 Å². The number of rotatable bonds is 7. The van der Waals surface area contributed by atoms with Crippen molar-refractivity contribution in [2.24, 2.45) is 0 Å². The second kappa shape index (κ2) is 8.55. The Morgan fingerprint density at radius 1 is 1.07 bits per heavy atom. The van der Waals surface area contributed by atoms with Crippen LogP contribution in [0.5, 0.6) is 11.5 Å². The van der Waals surface area contributed by atoms with Crippen molar-refractivity contribution in [2.45, 2.75) is 6.54 Å². The molecule has 0 fully saturated rings. The number of nitrogens with one attached hydrogen (secondary N) is 1. The molecule has 0 atom stereocenters. The summed E-state index contributed by atoms with van der Waals surface area (Å²) in [6, 6.07) is 13.0. The van der Waals surface area contributed by atoms with Crippen molar-refractivity contribution in [2.75, 3.05) is 26.6 Å². The summed E-state index contributed by atoms with van der Waals surface area (Å²) < 4.78 is 15.3. The summed E-state index contributed by atoms with van der Waals surface area (Å²) in [6.07, 6.45) is 1.81. The molecule has 140 valence electrons. The zero-order valence-electron chi connectivity index (χ0n) is 15.3. The molecule has 6 nitrogen and oxygen atoms in total. The number of ether oxygens (including phenoxy) is 3. The summed E-state index contributed by atoms with van der Waals surface area (Å²) in [4.78, 5) is 16.9. The molecule has 0 radical (unpaired) electrons. The fourth-order valence-corrected chi connectivity index (χ4v) is 3.36.